The second kappa shape index (κ2) is 7.25. The Bertz CT molecular complexity index is 1040. The molecule has 5 nitrogen and oxygen atoms in total. The number of fused-ring (bicyclic) bond motifs is 3. The Hall–Kier alpha value is -2.12. The molecule has 0 aliphatic heterocycles. The predicted molar refractivity (Wildman–Crippen MR) is 104 cm³/mol. The Labute approximate surface area is 153 Å². The van der Waals surface area contributed by atoms with E-state index in [-0.39, 0.29) is 19.1 Å². The molecule has 2 heterocycles. The third-order valence-corrected chi connectivity index (χ3v) is 6.60. The van der Waals surface area contributed by atoms with Crippen LogP contribution in [0.5, 0.6) is 0 Å². The van der Waals surface area contributed by atoms with E-state index in [9.17, 15) is 9.83 Å². The van der Waals surface area contributed by atoms with Crippen LogP contribution in [0, 0.1) is 11.3 Å². The fourth-order valence-corrected chi connectivity index (χ4v) is 5.61. The van der Waals surface area contributed by atoms with Crippen molar-refractivity contribution in [3.05, 3.63) is 47.7 Å². The fraction of sp³-hybridized carbons (Fsp3) is 0.350. The number of nitriles is 1. The van der Waals surface area contributed by atoms with Crippen LogP contribution in [-0.4, -0.2) is 17.6 Å². The maximum Gasteiger partial charge on any atom is 0.362 e. The first-order valence-electron chi connectivity index (χ1n) is 8.83. The molecule has 0 radical (unpaired) electrons. The molecule has 136 valence electrons. The monoisotopic (exact) mass is 370 g/mol. The van der Waals surface area contributed by atoms with Crippen molar-refractivity contribution in [1.29, 1.82) is 5.26 Å². The van der Waals surface area contributed by atoms with Crippen LogP contribution in [0.2, 0.25) is 0 Å². The summed E-state index contributed by atoms with van der Waals surface area (Å²) in [6.07, 6.45) is 1.98. The molecule has 3 rings (SSSR count). The van der Waals surface area contributed by atoms with Crippen LogP contribution in [0.15, 0.2) is 36.5 Å². The minimum absolute atomic E-state index is 0.103. The second-order valence-electron chi connectivity index (χ2n) is 6.36. The standard InChI is InChI=1S/C20H23N2O3P/c1-5-24-26(23,25-6-2)20-16-12-15(13-21)9-10-17(16)22-11-7-8-18(22)19(20)14(3)4/h7-12,14H,5-6H2,1-4H3. The zero-order valence-corrected chi connectivity index (χ0v) is 16.4. The lowest BCUT2D eigenvalue weighted by Crippen LogP contribution is -2.20. The van der Waals surface area contributed by atoms with Crippen molar-refractivity contribution in [2.45, 2.75) is 33.6 Å². The zero-order chi connectivity index (χ0) is 18.9. The summed E-state index contributed by atoms with van der Waals surface area (Å²) in [5.41, 5.74) is 3.30. The lowest BCUT2D eigenvalue weighted by molar-refractivity contribution is 0.230. The molecule has 0 amide bonds. The normalized spacial score (nSPS) is 12.2. The van der Waals surface area contributed by atoms with Crippen molar-refractivity contribution in [2.24, 2.45) is 0 Å². The van der Waals surface area contributed by atoms with Gasteiger partial charge >= 0.3 is 7.60 Å². The van der Waals surface area contributed by atoms with E-state index in [0.717, 1.165) is 22.0 Å². The third kappa shape index (κ3) is 2.95. The van der Waals surface area contributed by atoms with E-state index in [1.807, 2.05) is 24.4 Å². The summed E-state index contributed by atoms with van der Waals surface area (Å²) in [7, 11) is -3.54. The molecule has 2 aromatic heterocycles. The van der Waals surface area contributed by atoms with Gasteiger partial charge in [-0.2, -0.15) is 5.26 Å². The van der Waals surface area contributed by atoms with Gasteiger partial charge in [0.2, 0.25) is 0 Å². The smallest absolute Gasteiger partial charge is 0.316 e. The first-order chi connectivity index (χ1) is 12.5. The molecule has 0 saturated carbocycles. The van der Waals surface area contributed by atoms with Gasteiger partial charge in [-0.15, -0.1) is 0 Å². The van der Waals surface area contributed by atoms with Crippen LogP contribution in [-0.2, 0) is 13.6 Å². The van der Waals surface area contributed by atoms with Gasteiger partial charge in [-0.3, -0.25) is 4.57 Å². The third-order valence-electron chi connectivity index (χ3n) is 4.37. The molecule has 0 atom stereocenters. The van der Waals surface area contributed by atoms with Crippen molar-refractivity contribution in [3.8, 4) is 6.07 Å². The molecule has 3 aromatic rings. The largest absolute Gasteiger partial charge is 0.362 e. The van der Waals surface area contributed by atoms with E-state index < -0.39 is 7.60 Å². The summed E-state index contributed by atoms with van der Waals surface area (Å²) in [4.78, 5) is 0. The maximum atomic E-state index is 13.8. The summed E-state index contributed by atoms with van der Waals surface area (Å²) in [5.74, 6) is 0.103. The SMILES string of the molecule is CCOP(=O)(OCC)c1c(C(C)C)c2cccn2c2ccc(C#N)cc12. The van der Waals surface area contributed by atoms with Gasteiger partial charge in [0.25, 0.3) is 0 Å². The van der Waals surface area contributed by atoms with E-state index in [2.05, 4.69) is 24.3 Å². The second-order valence-corrected chi connectivity index (χ2v) is 8.32. The van der Waals surface area contributed by atoms with Crippen LogP contribution in [0.1, 0.15) is 44.7 Å². The summed E-state index contributed by atoms with van der Waals surface area (Å²) in [6.45, 7) is 8.29. The van der Waals surface area contributed by atoms with E-state index in [4.69, 9.17) is 9.05 Å². The highest BCUT2D eigenvalue weighted by atomic mass is 31.2. The van der Waals surface area contributed by atoms with Crippen molar-refractivity contribution >= 4 is 29.3 Å². The Morgan fingerprint density at radius 1 is 1.15 bits per heavy atom. The lowest BCUT2D eigenvalue weighted by Gasteiger charge is -2.25. The van der Waals surface area contributed by atoms with Gasteiger partial charge in [-0.05, 0) is 55.7 Å². The number of hydrogen-bond donors (Lipinski definition) is 0. The van der Waals surface area contributed by atoms with Gasteiger partial charge in [-0.1, -0.05) is 13.8 Å². The van der Waals surface area contributed by atoms with E-state index in [0.29, 0.717) is 10.9 Å². The summed E-state index contributed by atoms with van der Waals surface area (Å²) in [6, 6.07) is 11.6. The van der Waals surface area contributed by atoms with Gasteiger partial charge in [0, 0.05) is 17.1 Å². The molecule has 0 N–H and O–H groups in total. The van der Waals surface area contributed by atoms with Gasteiger partial charge < -0.3 is 13.4 Å². The molecule has 6 heteroatoms. The number of pyridine rings is 1. The highest BCUT2D eigenvalue weighted by Gasteiger charge is 2.34. The van der Waals surface area contributed by atoms with Crippen molar-refractivity contribution in [3.63, 3.8) is 0 Å². The Kier molecular flexibility index (Phi) is 5.20. The van der Waals surface area contributed by atoms with Crippen LogP contribution < -0.4 is 5.30 Å². The minimum atomic E-state index is -3.54. The number of nitrogens with zero attached hydrogens (tertiary/aromatic N) is 2. The molecule has 0 spiro atoms. The lowest BCUT2D eigenvalue weighted by atomic mass is 9.99. The van der Waals surface area contributed by atoms with Crippen LogP contribution in [0.3, 0.4) is 0 Å². The van der Waals surface area contributed by atoms with E-state index in [1.165, 1.54) is 0 Å². The molecular weight excluding hydrogens is 347 g/mol. The van der Waals surface area contributed by atoms with Crippen molar-refractivity contribution in [1.82, 2.24) is 4.40 Å². The molecule has 1 aromatic carbocycles. The Balaban J connectivity index is 2.56. The minimum Gasteiger partial charge on any atom is -0.316 e. The van der Waals surface area contributed by atoms with Crippen LogP contribution >= 0.6 is 7.60 Å². The number of aromatic nitrogens is 1. The van der Waals surface area contributed by atoms with Gasteiger partial charge in [-0.25, -0.2) is 0 Å². The Morgan fingerprint density at radius 3 is 2.42 bits per heavy atom. The average Bonchev–Trinajstić information content (AvgIpc) is 3.09. The zero-order valence-electron chi connectivity index (χ0n) is 15.5. The van der Waals surface area contributed by atoms with Crippen LogP contribution in [0.4, 0.5) is 0 Å². The van der Waals surface area contributed by atoms with Gasteiger partial charge in [0.1, 0.15) is 0 Å². The fourth-order valence-electron chi connectivity index (χ4n) is 3.45. The number of hydrogen-bond acceptors (Lipinski definition) is 4. The first kappa shape index (κ1) is 18.7. The quantitative estimate of drug-likeness (QED) is 0.574. The van der Waals surface area contributed by atoms with E-state index >= 15 is 0 Å². The molecule has 0 unspecified atom stereocenters. The molecule has 0 aliphatic carbocycles. The summed E-state index contributed by atoms with van der Waals surface area (Å²) < 4.78 is 27.2. The molecule has 0 bridgehead atoms. The highest BCUT2D eigenvalue weighted by molar-refractivity contribution is 7.63. The van der Waals surface area contributed by atoms with Crippen LogP contribution in [0.25, 0.3) is 16.4 Å². The molecule has 0 aliphatic rings. The number of benzene rings is 1. The van der Waals surface area contributed by atoms with Crippen molar-refractivity contribution in [2.75, 3.05) is 13.2 Å². The predicted octanol–water partition coefficient (Wildman–Crippen LogP) is 4.98. The highest BCUT2D eigenvalue weighted by Crippen LogP contribution is 2.51. The van der Waals surface area contributed by atoms with E-state index in [1.54, 1.807) is 26.0 Å². The molecule has 0 saturated heterocycles. The maximum absolute atomic E-state index is 13.8. The van der Waals surface area contributed by atoms with Gasteiger partial charge in [0.15, 0.2) is 0 Å². The van der Waals surface area contributed by atoms with Crippen molar-refractivity contribution < 1.29 is 13.6 Å². The topological polar surface area (TPSA) is 63.7 Å². The average molecular weight is 370 g/mol. The Morgan fingerprint density at radius 2 is 1.85 bits per heavy atom. The molecule has 26 heavy (non-hydrogen) atoms. The number of rotatable bonds is 6. The van der Waals surface area contributed by atoms with Gasteiger partial charge in [0.05, 0.1) is 35.7 Å². The summed E-state index contributed by atoms with van der Waals surface area (Å²) >= 11 is 0. The molecular formula is C20H23N2O3P. The summed E-state index contributed by atoms with van der Waals surface area (Å²) in [5, 5.41) is 10.7. The molecule has 0 fully saturated rings. The first-order valence-corrected chi connectivity index (χ1v) is 10.4.